The molecule has 0 saturated carbocycles. The van der Waals surface area contributed by atoms with Crippen molar-refractivity contribution in [3.05, 3.63) is 89.2 Å². The molecule has 3 aromatic carbocycles. The summed E-state index contributed by atoms with van der Waals surface area (Å²) in [4.78, 5) is 24.8. The van der Waals surface area contributed by atoms with Crippen LogP contribution in [0.4, 0.5) is 21.5 Å². The molecular formula is C21H17ClFN3O2. The maximum absolute atomic E-state index is 13.2. The summed E-state index contributed by atoms with van der Waals surface area (Å²) in [5, 5.41) is 8.31. The smallest absolute Gasteiger partial charge is 0.257 e. The third kappa shape index (κ3) is 5.08. The van der Waals surface area contributed by atoms with E-state index in [1.54, 1.807) is 36.4 Å². The van der Waals surface area contributed by atoms with Crippen molar-refractivity contribution >= 4 is 40.5 Å². The van der Waals surface area contributed by atoms with Crippen molar-refractivity contribution in [3.8, 4) is 0 Å². The van der Waals surface area contributed by atoms with E-state index in [1.807, 2.05) is 18.2 Å². The van der Waals surface area contributed by atoms with Crippen LogP contribution in [0.1, 0.15) is 10.4 Å². The van der Waals surface area contributed by atoms with Crippen molar-refractivity contribution in [2.75, 3.05) is 22.5 Å². The summed E-state index contributed by atoms with van der Waals surface area (Å²) in [5.74, 6) is -1.23. The minimum atomic E-state index is -0.532. The SMILES string of the molecule is O=C(CNc1ccc(F)c(Cl)c1)Nc1ccccc1C(=O)Nc1ccccc1. The largest absolute Gasteiger partial charge is 0.376 e. The molecule has 0 heterocycles. The zero-order chi connectivity index (χ0) is 19.9. The Morgan fingerprint density at radius 1 is 0.857 bits per heavy atom. The van der Waals surface area contributed by atoms with Crippen molar-refractivity contribution in [1.29, 1.82) is 0 Å². The summed E-state index contributed by atoms with van der Waals surface area (Å²) < 4.78 is 13.2. The number of anilines is 3. The van der Waals surface area contributed by atoms with Gasteiger partial charge in [-0.2, -0.15) is 0 Å². The Hall–Kier alpha value is -3.38. The summed E-state index contributed by atoms with van der Waals surface area (Å²) in [6.45, 7) is -0.0728. The van der Waals surface area contributed by atoms with Crippen LogP contribution in [0.2, 0.25) is 5.02 Å². The number of halogens is 2. The van der Waals surface area contributed by atoms with Gasteiger partial charge in [0.1, 0.15) is 5.82 Å². The Balaban J connectivity index is 1.64. The lowest BCUT2D eigenvalue weighted by Gasteiger charge is -2.12. The molecule has 5 nitrogen and oxygen atoms in total. The number of hydrogen-bond donors (Lipinski definition) is 3. The normalized spacial score (nSPS) is 10.2. The van der Waals surface area contributed by atoms with E-state index < -0.39 is 5.82 Å². The van der Waals surface area contributed by atoms with Gasteiger partial charge in [0, 0.05) is 11.4 Å². The van der Waals surface area contributed by atoms with Crippen molar-refractivity contribution < 1.29 is 14.0 Å². The van der Waals surface area contributed by atoms with Crippen molar-refractivity contribution in [3.63, 3.8) is 0 Å². The Bertz CT molecular complexity index is 996. The second kappa shape index (κ2) is 9.01. The summed E-state index contributed by atoms with van der Waals surface area (Å²) in [7, 11) is 0. The standard InChI is InChI=1S/C21H17ClFN3O2/c22-17-12-15(10-11-18(17)23)24-13-20(27)26-19-9-5-4-8-16(19)21(28)25-14-6-2-1-3-7-14/h1-12,24H,13H2,(H,25,28)(H,26,27). The van der Waals surface area contributed by atoms with Crippen LogP contribution in [0, 0.1) is 5.82 Å². The van der Waals surface area contributed by atoms with E-state index in [9.17, 15) is 14.0 Å². The number of hydrogen-bond acceptors (Lipinski definition) is 3. The third-order valence-electron chi connectivity index (χ3n) is 3.85. The summed E-state index contributed by atoms with van der Waals surface area (Å²) in [6, 6.07) is 19.8. The monoisotopic (exact) mass is 397 g/mol. The quantitative estimate of drug-likeness (QED) is 0.560. The Morgan fingerprint density at radius 3 is 2.32 bits per heavy atom. The van der Waals surface area contributed by atoms with E-state index in [1.165, 1.54) is 18.2 Å². The molecule has 3 N–H and O–H groups in total. The molecule has 3 aromatic rings. The van der Waals surface area contributed by atoms with Gasteiger partial charge in [-0.3, -0.25) is 9.59 Å². The summed E-state index contributed by atoms with van der Waals surface area (Å²) in [6.07, 6.45) is 0. The molecule has 2 amide bonds. The predicted octanol–water partition coefficient (Wildman–Crippen LogP) is 4.78. The van der Waals surface area contributed by atoms with Gasteiger partial charge in [0.25, 0.3) is 5.91 Å². The summed E-state index contributed by atoms with van der Waals surface area (Å²) in [5.41, 5.74) is 1.89. The number of benzene rings is 3. The summed E-state index contributed by atoms with van der Waals surface area (Å²) >= 11 is 5.72. The lowest BCUT2D eigenvalue weighted by Crippen LogP contribution is -2.24. The molecule has 0 radical (unpaired) electrons. The Labute approximate surface area is 166 Å². The predicted molar refractivity (Wildman–Crippen MR) is 109 cm³/mol. The van der Waals surface area contributed by atoms with E-state index in [2.05, 4.69) is 16.0 Å². The second-order valence-electron chi connectivity index (χ2n) is 5.90. The lowest BCUT2D eigenvalue weighted by molar-refractivity contribution is -0.114. The zero-order valence-corrected chi connectivity index (χ0v) is 15.5. The van der Waals surface area contributed by atoms with Crippen LogP contribution in [0.15, 0.2) is 72.8 Å². The van der Waals surface area contributed by atoms with Gasteiger partial charge in [0.2, 0.25) is 5.91 Å². The molecule has 3 rings (SSSR count). The molecule has 0 aliphatic rings. The van der Waals surface area contributed by atoms with Gasteiger partial charge >= 0.3 is 0 Å². The molecule has 0 unspecified atom stereocenters. The molecular weight excluding hydrogens is 381 g/mol. The minimum Gasteiger partial charge on any atom is -0.376 e. The second-order valence-corrected chi connectivity index (χ2v) is 6.30. The maximum Gasteiger partial charge on any atom is 0.257 e. The fourth-order valence-electron chi connectivity index (χ4n) is 2.49. The van der Waals surface area contributed by atoms with Crippen LogP contribution < -0.4 is 16.0 Å². The lowest BCUT2D eigenvalue weighted by atomic mass is 10.1. The molecule has 0 atom stereocenters. The van der Waals surface area contributed by atoms with Crippen LogP contribution in [-0.4, -0.2) is 18.4 Å². The fraction of sp³-hybridized carbons (Fsp3) is 0.0476. The van der Waals surface area contributed by atoms with Gasteiger partial charge in [0.15, 0.2) is 0 Å². The molecule has 0 aromatic heterocycles. The van der Waals surface area contributed by atoms with Crippen molar-refractivity contribution in [2.45, 2.75) is 0 Å². The van der Waals surface area contributed by atoms with Crippen LogP contribution >= 0.6 is 11.6 Å². The third-order valence-corrected chi connectivity index (χ3v) is 4.14. The van der Waals surface area contributed by atoms with E-state index in [0.29, 0.717) is 22.6 Å². The first-order valence-electron chi connectivity index (χ1n) is 8.47. The van der Waals surface area contributed by atoms with Gasteiger partial charge < -0.3 is 16.0 Å². The average Bonchev–Trinajstić information content (AvgIpc) is 2.70. The first kappa shape index (κ1) is 19.4. The Kier molecular flexibility index (Phi) is 6.24. The molecule has 0 spiro atoms. The van der Waals surface area contributed by atoms with E-state index in [4.69, 9.17) is 11.6 Å². The van der Waals surface area contributed by atoms with Crippen LogP contribution in [0.5, 0.6) is 0 Å². The topological polar surface area (TPSA) is 70.2 Å². The average molecular weight is 398 g/mol. The molecule has 0 aliphatic carbocycles. The molecule has 142 valence electrons. The molecule has 7 heteroatoms. The number of carbonyl (C=O) groups is 2. The van der Waals surface area contributed by atoms with Gasteiger partial charge in [-0.1, -0.05) is 41.9 Å². The number of rotatable bonds is 6. The number of carbonyl (C=O) groups excluding carboxylic acids is 2. The van der Waals surface area contributed by atoms with Gasteiger partial charge in [-0.05, 0) is 42.5 Å². The van der Waals surface area contributed by atoms with Gasteiger partial charge in [-0.15, -0.1) is 0 Å². The van der Waals surface area contributed by atoms with E-state index >= 15 is 0 Å². The first-order chi connectivity index (χ1) is 13.5. The maximum atomic E-state index is 13.2. The highest BCUT2D eigenvalue weighted by molar-refractivity contribution is 6.31. The van der Waals surface area contributed by atoms with Gasteiger partial charge in [-0.25, -0.2) is 4.39 Å². The Morgan fingerprint density at radius 2 is 1.57 bits per heavy atom. The van der Waals surface area contributed by atoms with E-state index in [-0.39, 0.29) is 23.4 Å². The van der Waals surface area contributed by atoms with Gasteiger partial charge in [0.05, 0.1) is 22.8 Å². The van der Waals surface area contributed by atoms with Crippen molar-refractivity contribution in [1.82, 2.24) is 0 Å². The highest BCUT2D eigenvalue weighted by Gasteiger charge is 2.13. The zero-order valence-electron chi connectivity index (χ0n) is 14.7. The van der Waals surface area contributed by atoms with Crippen molar-refractivity contribution in [2.24, 2.45) is 0 Å². The molecule has 0 saturated heterocycles. The molecule has 0 fully saturated rings. The van der Waals surface area contributed by atoms with Crippen LogP contribution in [-0.2, 0) is 4.79 Å². The van der Waals surface area contributed by atoms with Crippen LogP contribution in [0.25, 0.3) is 0 Å². The highest BCUT2D eigenvalue weighted by atomic mass is 35.5. The highest BCUT2D eigenvalue weighted by Crippen LogP contribution is 2.20. The fourth-order valence-corrected chi connectivity index (χ4v) is 2.67. The molecule has 28 heavy (non-hydrogen) atoms. The number of amides is 2. The first-order valence-corrected chi connectivity index (χ1v) is 8.85. The number of para-hydroxylation sites is 2. The molecule has 0 bridgehead atoms. The molecule has 0 aliphatic heterocycles. The van der Waals surface area contributed by atoms with Crippen LogP contribution in [0.3, 0.4) is 0 Å². The van der Waals surface area contributed by atoms with E-state index in [0.717, 1.165) is 0 Å². The minimum absolute atomic E-state index is 0.0339. The number of nitrogens with one attached hydrogen (secondary N) is 3.